The summed E-state index contributed by atoms with van der Waals surface area (Å²) in [5.41, 5.74) is 0. The summed E-state index contributed by atoms with van der Waals surface area (Å²) in [5.74, 6) is 0. The van der Waals surface area contributed by atoms with Crippen molar-refractivity contribution in [1.29, 1.82) is 0 Å². The Hall–Kier alpha value is -1.81. The molecule has 0 aliphatic carbocycles. The Labute approximate surface area is 133 Å². The average molecular weight is 299 g/mol. The van der Waals surface area contributed by atoms with Crippen molar-refractivity contribution in [3.63, 3.8) is 0 Å². The van der Waals surface area contributed by atoms with E-state index in [1.54, 1.807) is 0 Å². The average Bonchev–Trinajstić information content (AvgIpc) is 3.29. The Balaban J connectivity index is 1.47. The molecule has 0 unspecified atom stereocenters. The van der Waals surface area contributed by atoms with Gasteiger partial charge in [-0.3, -0.25) is 4.90 Å². The first-order valence-electron chi connectivity index (χ1n) is 8.40. The predicted octanol–water partition coefficient (Wildman–Crippen LogP) is 1.29. The molecule has 4 heteroatoms. The van der Waals surface area contributed by atoms with E-state index in [9.17, 15) is 0 Å². The Bertz CT molecular complexity index is 483. The van der Waals surface area contributed by atoms with Crippen LogP contribution >= 0.6 is 0 Å². The molecule has 0 saturated heterocycles. The van der Waals surface area contributed by atoms with Gasteiger partial charge in [-0.05, 0) is 18.2 Å². The van der Waals surface area contributed by atoms with E-state index in [4.69, 9.17) is 0 Å². The van der Waals surface area contributed by atoms with Crippen molar-refractivity contribution >= 4 is 18.6 Å². The first kappa shape index (κ1) is 15.1. The van der Waals surface area contributed by atoms with Crippen LogP contribution in [0.25, 0.3) is 0 Å². The highest BCUT2D eigenvalue weighted by Crippen LogP contribution is 1.99. The fourth-order valence-electron chi connectivity index (χ4n) is 2.96. The summed E-state index contributed by atoms with van der Waals surface area (Å²) in [6, 6.07) is 0. The summed E-state index contributed by atoms with van der Waals surface area (Å²) in [4.78, 5) is 2.58. The van der Waals surface area contributed by atoms with Crippen LogP contribution in [-0.2, 0) is 0 Å². The standard InChI is InChI=1S/C18H27N4/c1-2-8-19(7-1)13-16-22(17-14-20-9-3-4-10-20)18-15-21-11-5-6-12-21/h1,3,5,7-12H,2,4,6,13-18H2/q+3. The van der Waals surface area contributed by atoms with E-state index in [0.717, 1.165) is 58.5 Å². The van der Waals surface area contributed by atoms with E-state index in [0.29, 0.717) is 0 Å². The molecule has 3 heterocycles. The SMILES string of the molecule is C1=C[N+](CCN(CC[N+]2=CCC=C2)CC[N+]2=CCC=C2)=CC1. The molecule has 0 atom stereocenters. The molecule has 116 valence electrons. The molecule has 4 nitrogen and oxygen atoms in total. The minimum Gasteiger partial charge on any atom is -0.285 e. The van der Waals surface area contributed by atoms with Crippen LogP contribution in [0.2, 0.25) is 0 Å². The highest BCUT2D eigenvalue weighted by atomic mass is 15.2. The van der Waals surface area contributed by atoms with Crippen LogP contribution in [0.3, 0.4) is 0 Å². The Kier molecular flexibility index (Phi) is 5.48. The van der Waals surface area contributed by atoms with E-state index in [-0.39, 0.29) is 0 Å². The zero-order valence-corrected chi connectivity index (χ0v) is 13.3. The quantitative estimate of drug-likeness (QED) is 0.585. The van der Waals surface area contributed by atoms with Crippen molar-refractivity contribution in [3.05, 3.63) is 36.8 Å². The lowest BCUT2D eigenvalue weighted by atomic mass is 10.4. The van der Waals surface area contributed by atoms with Crippen LogP contribution in [-0.4, -0.2) is 76.5 Å². The highest BCUT2D eigenvalue weighted by Gasteiger charge is 2.16. The zero-order valence-electron chi connectivity index (χ0n) is 13.3. The number of allylic oxidation sites excluding steroid dienone is 3. The first-order valence-corrected chi connectivity index (χ1v) is 8.40. The summed E-state index contributed by atoms with van der Waals surface area (Å²) in [6.07, 6.45) is 23.3. The van der Waals surface area contributed by atoms with Crippen molar-refractivity contribution in [2.24, 2.45) is 0 Å². The van der Waals surface area contributed by atoms with E-state index < -0.39 is 0 Å². The maximum atomic E-state index is 2.58. The Morgan fingerprint density at radius 2 is 0.955 bits per heavy atom. The minimum atomic E-state index is 1.08. The third-order valence-electron chi connectivity index (χ3n) is 4.34. The minimum absolute atomic E-state index is 1.08. The number of hydrogen-bond donors (Lipinski definition) is 0. The number of hydrogen-bond acceptors (Lipinski definition) is 1. The Morgan fingerprint density at radius 3 is 1.23 bits per heavy atom. The van der Waals surface area contributed by atoms with E-state index >= 15 is 0 Å². The lowest BCUT2D eigenvalue weighted by molar-refractivity contribution is -0.464. The second kappa shape index (κ2) is 7.99. The zero-order chi connectivity index (χ0) is 15.0. The van der Waals surface area contributed by atoms with E-state index in [2.05, 4.69) is 74.1 Å². The normalized spacial score (nSPS) is 19.2. The van der Waals surface area contributed by atoms with Crippen LogP contribution in [0.5, 0.6) is 0 Å². The van der Waals surface area contributed by atoms with E-state index in [1.165, 1.54) is 0 Å². The van der Waals surface area contributed by atoms with Gasteiger partial charge in [0, 0.05) is 19.3 Å². The summed E-state index contributed by atoms with van der Waals surface area (Å²) >= 11 is 0. The van der Waals surface area contributed by atoms with Gasteiger partial charge in [-0.2, -0.15) is 0 Å². The fourth-order valence-corrected chi connectivity index (χ4v) is 2.96. The molecule has 3 aliphatic rings. The van der Waals surface area contributed by atoms with Crippen LogP contribution in [0.15, 0.2) is 36.8 Å². The van der Waals surface area contributed by atoms with Crippen molar-refractivity contribution in [2.45, 2.75) is 19.3 Å². The summed E-state index contributed by atoms with van der Waals surface area (Å²) < 4.78 is 6.95. The molecule has 0 bridgehead atoms. The monoisotopic (exact) mass is 299 g/mol. The second-order valence-electron chi connectivity index (χ2n) is 5.96. The predicted molar refractivity (Wildman–Crippen MR) is 91.3 cm³/mol. The van der Waals surface area contributed by atoms with Gasteiger partial charge in [-0.1, -0.05) is 0 Å². The Morgan fingerprint density at radius 1 is 0.591 bits per heavy atom. The van der Waals surface area contributed by atoms with Gasteiger partial charge in [0.1, 0.15) is 18.6 Å². The van der Waals surface area contributed by atoms with Crippen LogP contribution < -0.4 is 0 Å². The lowest BCUT2D eigenvalue weighted by Crippen LogP contribution is -2.37. The molecule has 0 radical (unpaired) electrons. The lowest BCUT2D eigenvalue weighted by Gasteiger charge is -2.17. The van der Waals surface area contributed by atoms with Gasteiger partial charge in [0.2, 0.25) is 0 Å². The number of rotatable bonds is 9. The molecular weight excluding hydrogens is 272 g/mol. The van der Waals surface area contributed by atoms with E-state index in [1.807, 2.05) is 0 Å². The van der Waals surface area contributed by atoms with Crippen LogP contribution in [0.1, 0.15) is 19.3 Å². The second-order valence-corrected chi connectivity index (χ2v) is 5.96. The molecule has 3 rings (SSSR count). The fraction of sp³-hybridized carbons (Fsp3) is 0.500. The maximum absolute atomic E-state index is 2.58. The molecular formula is C18H27N4+3. The topological polar surface area (TPSA) is 12.3 Å². The van der Waals surface area contributed by atoms with Gasteiger partial charge in [0.05, 0.1) is 19.6 Å². The first-order chi connectivity index (χ1) is 10.9. The van der Waals surface area contributed by atoms with Gasteiger partial charge >= 0.3 is 0 Å². The van der Waals surface area contributed by atoms with Crippen molar-refractivity contribution < 1.29 is 13.7 Å². The number of nitrogens with zero attached hydrogens (tertiary/aromatic N) is 4. The summed E-state index contributed by atoms with van der Waals surface area (Å²) in [7, 11) is 0. The third-order valence-corrected chi connectivity index (χ3v) is 4.34. The van der Waals surface area contributed by atoms with Gasteiger partial charge in [-0.15, -0.1) is 0 Å². The summed E-state index contributed by atoms with van der Waals surface area (Å²) in [5, 5.41) is 0. The largest absolute Gasteiger partial charge is 0.285 e. The van der Waals surface area contributed by atoms with Gasteiger partial charge in [-0.25, -0.2) is 13.7 Å². The smallest absolute Gasteiger partial charge is 0.165 e. The molecule has 0 amide bonds. The molecule has 0 spiro atoms. The third kappa shape index (κ3) is 4.60. The molecule has 0 fully saturated rings. The van der Waals surface area contributed by atoms with Gasteiger partial charge in [0.15, 0.2) is 38.2 Å². The molecule has 0 aromatic heterocycles. The van der Waals surface area contributed by atoms with Crippen molar-refractivity contribution in [3.8, 4) is 0 Å². The van der Waals surface area contributed by atoms with Crippen LogP contribution in [0, 0.1) is 0 Å². The van der Waals surface area contributed by atoms with Gasteiger partial charge < -0.3 is 0 Å². The van der Waals surface area contributed by atoms with Crippen LogP contribution in [0.4, 0.5) is 0 Å². The molecule has 0 N–H and O–H groups in total. The summed E-state index contributed by atoms with van der Waals surface area (Å²) in [6.45, 7) is 6.64. The molecule has 0 saturated carbocycles. The molecule has 0 aromatic rings. The maximum Gasteiger partial charge on any atom is 0.165 e. The highest BCUT2D eigenvalue weighted by molar-refractivity contribution is 5.56. The van der Waals surface area contributed by atoms with Crippen molar-refractivity contribution in [1.82, 2.24) is 4.90 Å². The van der Waals surface area contributed by atoms with Gasteiger partial charge in [0.25, 0.3) is 0 Å². The molecule has 22 heavy (non-hydrogen) atoms. The molecule has 3 aliphatic heterocycles. The van der Waals surface area contributed by atoms with Crippen molar-refractivity contribution in [2.75, 3.05) is 39.3 Å². The molecule has 0 aromatic carbocycles.